The van der Waals surface area contributed by atoms with E-state index in [1.54, 1.807) is 11.8 Å². The molecule has 0 saturated heterocycles. The molecule has 0 aromatic rings. The van der Waals surface area contributed by atoms with Crippen molar-refractivity contribution in [2.45, 2.75) is 33.3 Å². The Labute approximate surface area is 96.6 Å². The summed E-state index contributed by atoms with van der Waals surface area (Å²) < 4.78 is 4.70. The zero-order valence-electron chi connectivity index (χ0n) is 10.0. The quantitative estimate of drug-likeness (QED) is 0.540. The Bertz CT molecular complexity index is 183. The number of hydrogen-bond donors (Lipinski definition) is 1. The maximum atomic E-state index is 11.4. The molecule has 0 aliphatic rings. The highest BCUT2D eigenvalue weighted by molar-refractivity contribution is 7.99. The van der Waals surface area contributed by atoms with E-state index in [4.69, 9.17) is 4.74 Å². The van der Waals surface area contributed by atoms with Crippen molar-refractivity contribution in [1.82, 2.24) is 0 Å². The number of carbonyl (C=O) groups is 1. The minimum Gasteiger partial charge on any atom is -0.469 e. The Hall–Kier alpha value is -0.220. The number of methoxy groups -OCH3 is 1. The first kappa shape index (κ1) is 14.8. The SMILES string of the molecule is CCSCCC(O)C(C(=O)OC)C(C)C. The van der Waals surface area contributed by atoms with E-state index >= 15 is 0 Å². The van der Waals surface area contributed by atoms with Gasteiger partial charge in [0.25, 0.3) is 0 Å². The van der Waals surface area contributed by atoms with Crippen LogP contribution in [0.3, 0.4) is 0 Å². The van der Waals surface area contributed by atoms with Gasteiger partial charge in [0.1, 0.15) is 0 Å². The van der Waals surface area contributed by atoms with Gasteiger partial charge in [-0.1, -0.05) is 20.8 Å². The summed E-state index contributed by atoms with van der Waals surface area (Å²) in [6.07, 6.45) is 0.0627. The molecular formula is C11H22O3S. The predicted molar refractivity (Wildman–Crippen MR) is 64.0 cm³/mol. The molecule has 0 aromatic carbocycles. The first-order valence-corrected chi connectivity index (χ1v) is 6.53. The fourth-order valence-corrected chi connectivity index (χ4v) is 2.23. The third-order valence-electron chi connectivity index (χ3n) is 2.37. The minimum absolute atomic E-state index is 0.110. The van der Waals surface area contributed by atoms with Crippen molar-refractivity contribution in [3.8, 4) is 0 Å². The lowest BCUT2D eigenvalue weighted by Gasteiger charge is -2.23. The summed E-state index contributed by atoms with van der Waals surface area (Å²) in [5.41, 5.74) is 0. The summed E-state index contributed by atoms with van der Waals surface area (Å²) in [5, 5.41) is 9.89. The molecule has 4 heteroatoms. The van der Waals surface area contributed by atoms with Gasteiger partial charge in [-0.2, -0.15) is 11.8 Å². The topological polar surface area (TPSA) is 46.5 Å². The van der Waals surface area contributed by atoms with Crippen molar-refractivity contribution in [3.05, 3.63) is 0 Å². The van der Waals surface area contributed by atoms with Gasteiger partial charge in [-0.15, -0.1) is 0 Å². The van der Waals surface area contributed by atoms with Gasteiger partial charge in [0.15, 0.2) is 0 Å². The monoisotopic (exact) mass is 234 g/mol. The highest BCUT2D eigenvalue weighted by Gasteiger charge is 2.30. The fraction of sp³-hybridized carbons (Fsp3) is 0.909. The second-order valence-electron chi connectivity index (χ2n) is 3.85. The summed E-state index contributed by atoms with van der Waals surface area (Å²) in [6, 6.07) is 0. The molecule has 90 valence electrons. The number of aliphatic hydroxyl groups excluding tert-OH is 1. The van der Waals surface area contributed by atoms with Crippen molar-refractivity contribution in [1.29, 1.82) is 0 Å². The first-order valence-electron chi connectivity index (χ1n) is 5.38. The molecule has 15 heavy (non-hydrogen) atoms. The summed E-state index contributed by atoms with van der Waals surface area (Å²) in [4.78, 5) is 11.4. The maximum absolute atomic E-state index is 11.4. The van der Waals surface area contributed by atoms with Crippen LogP contribution in [0.1, 0.15) is 27.2 Å². The molecule has 0 heterocycles. The van der Waals surface area contributed by atoms with Gasteiger partial charge in [-0.05, 0) is 23.8 Å². The van der Waals surface area contributed by atoms with Crippen molar-refractivity contribution >= 4 is 17.7 Å². The van der Waals surface area contributed by atoms with Crippen LogP contribution in [0.15, 0.2) is 0 Å². The van der Waals surface area contributed by atoms with E-state index in [0.717, 1.165) is 11.5 Å². The number of ether oxygens (including phenoxy) is 1. The first-order chi connectivity index (χ1) is 7.04. The van der Waals surface area contributed by atoms with Gasteiger partial charge in [0, 0.05) is 0 Å². The molecule has 3 nitrogen and oxygen atoms in total. The zero-order chi connectivity index (χ0) is 11.8. The van der Waals surface area contributed by atoms with Gasteiger partial charge in [0.2, 0.25) is 0 Å². The van der Waals surface area contributed by atoms with Gasteiger partial charge in [-0.3, -0.25) is 4.79 Å². The number of thioether (sulfide) groups is 1. The molecule has 0 fully saturated rings. The Balaban J connectivity index is 4.17. The number of hydrogen-bond acceptors (Lipinski definition) is 4. The van der Waals surface area contributed by atoms with Crippen LogP contribution in [0.5, 0.6) is 0 Å². The van der Waals surface area contributed by atoms with Gasteiger partial charge in [0.05, 0.1) is 19.1 Å². The van der Waals surface area contributed by atoms with E-state index < -0.39 is 12.0 Å². The lowest BCUT2D eigenvalue weighted by Crippen LogP contribution is -2.33. The minimum atomic E-state index is -0.587. The number of rotatable bonds is 7. The van der Waals surface area contributed by atoms with Crippen LogP contribution in [0.25, 0.3) is 0 Å². The van der Waals surface area contributed by atoms with Gasteiger partial charge >= 0.3 is 5.97 Å². The normalized spacial score (nSPS) is 15.1. The van der Waals surface area contributed by atoms with Crippen LogP contribution in [0, 0.1) is 11.8 Å². The third-order valence-corrected chi connectivity index (χ3v) is 3.30. The van der Waals surface area contributed by atoms with Crippen molar-refractivity contribution in [2.24, 2.45) is 11.8 Å². The van der Waals surface area contributed by atoms with Crippen LogP contribution in [0.2, 0.25) is 0 Å². The molecule has 2 atom stereocenters. The van der Waals surface area contributed by atoms with Crippen LogP contribution < -0.4 is 0 Å². The van der Waals surface area contributed by atoms with E-state index in [2.05, 4.69) is 6.92 Å². The number of carbonyl (C=O) groups excluding carboxylic acids is 1. The van der Waals surface area contributed by atoms with Crippen molar-refractivity contribution in [2.75, 3.05) is 18.6 Å². The Morgan fingerprint density at radius 3 is 2.47 bits per heavy atom. The van der Waals surface area contributed by atoms with Crippen LogP contribution >= 0.6 is 11.8 Å². The van der Waals surface area contributed by atoms with E-state index in [-0.39, 0.29) is 11.9 Å². The summed E-state index contributed by atoms with van der Waals surface area (Å²) in [7, 11) is 1.37. The molecule has 0 bridgehead atoms. The molecule has 0 aliphatic heterocycles. The standard InChI is InChI=1S/C11H22O3S/c1-5-15-7-6-9(12)10(8(2)3)11(13)14-4/h8-10,12H,5-7H2,1-4H3. The van der Waals surface area contributed by atoms with Crippen LogP contribution in [0.4, 0.5) is 0 Å². The summed E-state index contributed by atoms with van der Waals surface area (Å²) in [5.74, 6) is 1.33. The Morgan fingerprint density at radius 2 is 2.07 bits per heavy atom. The number of esters is 1. The van der Waals surface area contributed by atoms with Crippen LogP contribution in [-0.4, -0.2) is 35.8 Å². The average Bonchev–Trinajstić information content (AvgIpc) is 2.17. The third kappa shape index (κ3) is 5.42. The summed E-state index contributed by atoms with van der Waals surface area (Å²) >= 11 is 1.77. The Morgan fingerprint density at radius 1 is 1.47 bits per heavy atom. The predicted octanol–water partition coefficient (Wildman–Crippen LogP) is 1.94. The lowest BCUT2D eigenvalue weighted by atomic mass is 9.89. The molecule has 1 N–H and O–H groups in total. The van der Waals surface area contributed by atoms with E-state index in [1.807, 2.05) is 13.8 Å². The molecule has 0 aliphatic carbocycles. The van der Waals surface area contributed by atoms with E-state index in [9.17, 15) is 9.90 Å². The van der Waals surface area contributed by atoms with Gasteiger partial charge < -0.3 is 9.84 Å². The molecule has 0 saturated carbocycles. The van der Waals surface area contributed by atoms with Crippen LogP contribution in [-0.2, 0) is 9.53 Å². The molecule has 0 amide bonds. The van der Waals surface area contributed by atoms with Crippen molar-refractivity contribution in [3.63, 3.8) is 0 Å². The van der Waals surface area contributed by atoms with E-state index in [1.165, 1.54) is 7.11 Å². The van der Waals surface area contributed by atoms with Crippen molar-refractivity contribution < 1.29 is 14.6 Å². The van der Waals surface area contributed by atoms with E-state index in [0.29, 0.717) is 6.42 Å². The molecule has 0 rings (SSSR count). The Kier molecular flexibility index (Phi) is 7.88. The second-order valence-corrected chi connectivity index (χ2v) is 5.24. The highest BCUT2D eigenvalue weighted by Crippen LogP contribution is 2.20. The summed E-state index contributed by atoms with van der Waals surface area (Å²) in [6.45, 7) is 5.94. The molecule has 0 aromatic heterocycles. The van der Waals surface area contributed by atoms with Gasteiger partial charge in [-0.25, -0.2) is 0 Å². The lowest BCUT2D eigenvalue weighted by molar-refractivity contribution is -0.151. The molecule has 0 spiro atoms. The molecule has 0 radical (unpaired) electrons. The molecular weight excluding hydrogens is 212 g/mol. The fourth-order valence-electron chi connectivity index (χ4n) is 1.54. The smallest absolute Gasteiger partial charge is 0.311 e. The largest absolute Gasteiger partial charge is 0.469 e. The molecule has 2 unspecified atom stereocenters. The zero-order valence-corrected chi connectivity index (χ0v) is 10.8. The highest BCUT2D eigenvalue weighted by atomic mass is 32.2. The maximum Gasteiger partial charge on any atom is 0.311 e. The average molecular weight is 234 g/mol. The second kappa shape index (κ2) is 7.99. The number of aliphatic hydroxyl groups is 1.